The largest absolute Gasteiger partial charge is 0.423 e. The summed E-state index contributed by atoms with van der Waals surface area (Å²) in [5.74, 6) is 0. The van der Waals surface area contributed by atoms with Gasteiger partial charge < -0.3 is 20.6 Å². The van der Waals surface area contributed by atoms with E-state index in [1.54, 1.807) is 13.0 Å². The van der Waals surface area contributed by atoms with Crippen molar-refractivity contribution < 1.29 is 9.52 Å². The second kappa shape index (κ2) is 4.40. The van der Waals surface area contributed by atoms with Crippen LogP contribution in [0.5, 0.6) is 0 Å². The van der Waals surface area contributed by atoms with Crippen molar-refractivity contribution in [1.29, 1.82) is 0 Å². The average molecular weight is 221 g/mol. The molecular formula is C11H15N3O2. The second-order valence-corrected chi connectivity index (χ2v) is 3.78. The van der Waals surface area contributed by atoms with E-state index in [1.165, 1.54) is 0 Å². The number of hydrogen-bond acceptors (Lipinski definition) is 5. The normalized spacial score (nSPS) is 12.9. The molecule has 4 N–H and O–H groups in total. The Morgan fingerprint density at radius 2 is 2.38 bits per heavy atom. The standard InChI is InChI=1S/C11H15N3O2/c1-7(15)5-6-13-11-14-10-8(12)3-2-4-9(10)16-11/h2-4,7,15H,5-6,12H2,1H3,(H,13,14). The van der Waals surface area contributed by atoms with Gasteiger partial charge in [-0.05, 0) is 25.5 Å². The number of aromatic nitrogens is 1. The van der Waals surface area contributed by atoms with E-state index in [1.807, 2.05) is 12.1 Å². The fourth-order valence-electron chi connectivity index (χ4n) is 1.43. The van der Waals surface area contributed by atoms with Gasteiger partial charge in [-0.3, -0.25) is 0 Å². The predicted octanol–water partition coefficient (Wildman–Crippen LogP) is 1.59. The van der Waals surface area contributed by atoms with E-state index in [0.29, 0.717) is 35.8 Å². The van der Waals surface area contributed by atoms with E-state index in [0.717, 1.165) is 0 Å². The Labute approximate surface area is 93.3 Å². The van der Waals surface area contributed by atoms with Crippen LogP contribution in [0.1, 0.15) is 13.3 Å². The molecule has 0 aliphatic rings. The van der Waals surface area contributed by atoms with Crippen LogP contribution in [0.3, 0.4) is 0 Å². The van der Waals surface area contributed by atoms with Gasteiger partial charge in [0.1, 0.15) is 5.52 Å². The zero-order chi connectivity index (χ0) is 11.5. The number of para-hydroxylation sites is 1. The number of nitrogens with two attached hydrogens (primary N) is 1. The summed E-state index contributed by atoms with van der Waals surface area (Å²) in [4.78, 5) is 4.22. The molecule has 5 heteroatoms. The molecule has 2 rings (SSSR count). The third-order valence-electron chi connectivity index (χ3n) is 2.29. The lowest BCUT2D eigenvalue weighted by atomic mass is 10.3. The molecule has 0 saturated carbocycles. The molecule has 1 unspecified atom stereocenters. The third kappa shape index (κ3) is 2.25. The highest BCUT2D eigenvalue weighted by Gasteiger charge is 2.07. The van der Waals surface area contributed by atoms with Crippen molar-refractivity contribution >= 4 is 22.8 Å². The Balaban J connectivity index is 2.11. The molecule has 0 fully saturated rings. The number of anilines is 2. The van der Waals surface area contributed by atoms with E-state index < -0.39 is 0 Å². The number of hydrogen-bond donors (Lipinski definition) is 3. The maximum atomic E-state index is 9.10. The van der Waals surface area contributed by atoms with Crippen molar-refractivity contribution in [2.75, 3.05) is 17.6 Å². The Hall–Kier alpha value is -1.75. The maximum Gasteiger partial charge on any atom is 0.295 e. The molecule has 0 aliphatic carbocycles. The van der Waals surface area contributed by atoms with Crippen LogP contribution >= 0.6 is 0 Å². The number of rotatable bonds is 4. The number of oxazole rings is 1. The number of nitrogens with zero attached hydrogens (tertiary/aromatic N) is 1. The first-order chi connectivity index (χ1) is 7.66. The van der Waals surface area contributed by atoms with Crippen LogP contribution in [0.25, 0.3) is 11.1 Å². The van der Waals surface area contributed by atoms with Crippen LogP contribution in [0.2, 0.25) is 0 Å². The quantitative estimate of drug-likeness (QED) is 0.683. The monoisotopic (exact) mass is 221 g/mol. The van der Waals surface area contributed by atoms with Crippen molar-refractivity contribution in [3.63, 3.8) is 0 Å². The van der Waals surface area contributed by atoms with Crippen LogP contribution in [0.4, 0.5) is 11.7 Å². The number of nitrogen functional groups attached to an aromatic ring is 1. The number of benzene rings is 1. The molecule has 1 heterocycles. The van der Waals surface area contributed by atoms with Crippen molar-refractivity contribution in [3.05, 3.63) is 18.2 Å². The van der Waals surface area contributed by atoms with Crippen LogP contribution < -0.4 is 11.1 Å². The molecule has 86 valence electrons. The van der Waals surface area contributed by atoms with Crippen LogP contribution in [-0.2, 0) is 0 Å². The van der Waals surface area contributed by atoms with Crippen molar-refractivity contribution in [2.45, 2.75) is 19.4 Å². The Morgan fingerprint density at radius 1 is 1.56 bits per heavy atom. The molecular weight excluding hydrogens is 206 g/mol. The highest BCUT2D eigenvalue weighted by Crippen LogP contribution is 2.23. The van der Waals surface area contributed by atoms with Gasteiger partial charge in [0.05, 0.1) is 11.8 Å². The molecule has 0 amide bonds. The van der Waals surface area contributed by atoms with Crippen LogP contribution in [0.15, 0.2) is 22.6 Å². The van der Waals surface area contributed by atoms with E-state index in [2.05, 4.69) is 10.3 Å². The number of aliphatic hydroxyl groups excluding tert-OH is 1. The summed E-state index contributed by atoms with van der Waals surface area (Å²) in [5, 5.41) is 12.1. The Morgan fingerprint density at radius 3 is 3.06 bits per heavy atom. The minimum atomic E-state index is -0.332. The summed E-state index contributed by atoms with van der Waals surface area (Å²) in [7, 11) is 0. The van der Waals surface area contributed by atoms with Gasteiger partial charge >= 0.3 is 0 Å². The smallest absolute Gasteiger partial charge is 0.295 e. The number of aliphatic hydroxyl groups is 1. The first-order valence-electron chi connectivity index (χ1n) is 5.24. The average Bonchev–Trinajstić information content (AvgIpc) is 2.61. The van der Waals surface area contributed by atoms with Gasteiger partial charge in [0, 0.05) is 6.54 Å². The predicted molar refractivity (Wildman–Crippen MR) is 63.2 cm³/mol. The summed E-state index contributed by atoms with van der Waals surface area (Å²) in [6.07, 6.45) is 0.316. The van der Waals surface area contributed by atoms with Gasteiger partial charge in [0.2, 0.25) is 0 Å². The van der Waals surface area contributed by atoms with Crippen molar-refractivity contribution in [1.82, 2.24) is 4.98 Å². The summed E-state index contributed by atoms with van der Waals surface area (Å²) in [6.45, 7) is 2.36. The highest BCUT2D eigenvalue weighted by molar-refractivity contribution is 5.86. The number of fused-ring (bicyclic) bond motifs is 1. The fourth-order valence-corrected chi connectivity index (χ4v) is 1.43. The van der Waals surface area contributed by atoms with Gasteiger partial charge in [-0.2, -0.15) is 4.98 Å². The summed E-state index contributed by atoms with van der Waals surface area (Å²) in [6, 6.07) is 5.86. The molecule has 0 spiro atoms. The fraction of sp³-hybridized carbons (Fsp3) is 0.364. The first kappa shape index (κ1) is 10.8. The SMILES string of the molecule is CC(O)CCNc1nc2c(N)cccc2o1. The summed E-state index contributed by atoms with van der Waals surface area (Å²) < 4.78 is 5.45. The van der Waals surface area contributed by atoms with Gasteiger partial charge in [0.15, 0.2) is 5.58 Å². The topological polar surface area (TPSA) is 84.3 Å². The lowest BCUT2D eigenvalue weighted by Crippen LogP contribution is -2.09. The molecule has 1 atom stereocenters. The van der Waals surface area contributed by atoms with Crippen molar-refractivity contribution in [3.8, 4) is 0 Å². The summed E-state index contributed by atoms with van der Waals surface area (Å²) >= 11 is 0. The molecule has 5 nitrogen and oxygen atoms in total. The molecule has 1 aromatic carbocycles. The molecule has 0 radical (unpaired) electrons. The lowest BCUT2D eigenvalue weighted by molar-refractivity contribution is 0.188. The zero-order valence-corrected chi connectivity index (χ0v) is 9.10. The first-order valence-corrected chi connectivity index (χ1v) is 5.24. The molecule has 0 saturated heterocycles. The molecule has 0 aliphatic heterocycles. The van der Waals surface area contributed by atoms with E-state index in [-0.39, 0.29) is 6.10 Å². The second-order valence-electron chi connectivity index (χ2n) is 3.78. The lowest BCUT2D eigenvalue weighted by Gasteiger charge is -2.03. The van der Waals surface area contributed by atoms with Gasteiger partial charge in [-0.1, -0.05) is 6.07 Å². The Kier molecular flexibility index (Phi) is 2.96. The van der Waals surface area contributed by atoms with Crippen molar-refractivity contribution in [2.24, 2.45) is 0 Å². The van der Waals surface area contributed by atoms with E-state index >= 15 is 0 Å². The minimum absolute atomic E-state index is 0.332. The van der Waals surface area contributed by atoms with Gasteiger partial charge in [-0.25, -0.2) is 0 Å². The van der Waals surface area contributed by atoms with Gasteiger partial charge in [0.25, 0.3) is 6.01 Å². The molecule has 16 heavy (non-hydrogen) atoms. The van der Waals surface area contributed by atoms with E-state index in [4.69, 9.17) is 15.3 Å². The van der Waals surface area contributed by atoms with Crippen LogP contribution in [0, 0.1) is 0 Å². The molecule has 2 aromatic rings. The van der Waals surface area contributed by atoms with Crippen LogP contribution in [-0.4, -0.2) is 22.7 Å². The Bertz CT molecular complexity index is 479. The highest BCUT2D eigenvalue weighted by atomic mass is 16.4. The maximum absolute atomic E-state index is 9.10. The third-order valence-corrected chi connectivity index (χ3v) is 2.29. The van der Waals surface area contributed by atoms with Gasteiger partial charge in [-0.15, -0.1) is 0 Å². The molecule has 1 aromatic heterocycles. The minimum Gasteiger partial charge on any atom is -0.423 e. The number of nitrogens with one attached hydrogen (secondary N) is 1. The summed E-state index contributed by atoms with van der Waals surface area (Å²) in [5.41, 5.74) is 7.69. The van der Waals surface area contributed by atoms with E-state index in [9.17, 15) is 0 Å². The molecule has 0 bridgehead atoms. The zero-order valence-electron chi connectivity index (χ0n) is 9.10.